The summed E-state index contributed by atoms with van der Waals surface area (Å²) in [6.45, 7) is 0. The molecule has 0 spiro atoms. The number of hydrogen-bond acceptors (Lipinski definition) is 2. The monoisotopic (exact) mass is 355 g/mol. The van der Waals surface area contributed by atoms with Crippen molar-refractivity contribution < 1.29 is 4.79 Å². The number of nitrogens with zero attached hydrogens (tertiary/aromatic N) is 1. The number of benzene rings is 2. The van der Waals surface area contributed by atoms with E-state index in [0.717, 1.165) is 26.5 Å². The normalized spacial score (nSPS) is 11.1. The Morgan fingerprint density at radius 2 is 1.95 bits per heavy atom. The Kier molecular flexibility index (Phi) is 4.34. The summed E-state index contributed by atoms with van der Waals surface area (Å²) in [5.41, 5.74) is 5.46. The number of aromatic amines is 1. The molecule has 0 aliphatic heterocycles. The third kappa shape index (κ3) is 3.26. The van der Waals surface area contributed by atoms with Crippen LogP contribution in [0.3, 0.4) is 0 Å². The van der Waals surface area contributed by atoms with Gasteiger partial charge in [0, 0.05) is 27.1 Å². The molecule has 110 valence electrons. The van der Waals surface area contributed by atoms with E-state index < -0.39 is 0 Å². The van der Waals surface area contributed by atoms with E-state index >= 15 is 0 Å². The number of hydrogen-bond donors (Lipinski definition) is 2. The van der Waals surface area contributed by atoms with Crippen LogP contribution in [0.5, 0.6) is 0 Å². The number of halogens is 1. The lowest BCUT2D eigenvalue weighted by molar-refractivity contribution is -0.120. The van der Waals surface area contributed by atoms with Gasteiger partial charge in [0.2, 0.25) is 5.91 Å². The van der Waals surface area contributed by atoms with Crippen LogP contribution in [0.2, 0.25) is 0 Å². The van der Waals surface area contributed by atoms with E-state index in [1.165, 1.54) is 0 Å². The van der Waals surface area contributed by atoms with Crippen LogP contribution in [0.25, 0.3) is 10.9 Å². The molecule has 5 heteroatoms. The highest BCUT2D eigenvalue weighted by atomic mass is 79.9. The molecule has 1 heterocycles. The predicted octanol–water partition coefficient (Wildman–Crippen LogP) is 3.62. The van der Waals surface area contributed by atoms with E-state index in [2.05, 4.69) is 31.4 Å². The van der Waals surface area contributed by atoms with Crippen LogP contribution in [0.15, 0.2) is 64.3 Å². The molecule has 0 aliphatic rings. The molecule has 3 aromatic rings. The zero-order chi connectivity index (χ0) is 15.4. The second-order valence-electron chi connectivity index (χ2n) is 4.85. The molecule has 3 rings (SSSR count). The predicted molar refractivity (Wildman–Crippen MR) is 91.9 cm³/mol. The Balaban J connectivity index is 1.65. The average molecular weight is 356 g/mol. The first kappa shape index (κ1) is 14.5. The number of nitrogens with one attached hydrogen (secondary N) is 2. The molecule has 0 fully saturated rings. The summed E-state index contributed by atoms with van der Waals surface area (Å²) < 4.78 is 0.935. The van der Waals surface area contributed by atoms with Crippen LogP contribution in [0.4, 0.5) is 0 Å². The van der Waals surface area contributed by atoms with Crippen molar-refractivity contribution in [1.82, 2.24) is 10.4 Å². The summed E-state index contributed by atoms with van der Waals surface area (Å²) in [7, 11) is 0. The average Bonchev–Trinajstić information content (AvgIpc) is 2.92. The maximum atomic E-state index is 12.0. The van der Waals surface area contributed by atoms with Crippen molar-refractivity contribution >= 4 is 39.0 Å². The minimum absolute atomic E-state index is 0.145. The summed E-state index contributed by atoms with van der Waals surface area (Å²) in [6.07, 6.45) is 3.77. The van der Waals surface area contributed by atoms with E-state index in [9.17, 15) is 4.79 Å². The molecule has 22 heavy (non-hydrogen) atoms. The van der Waals surface area contributed by atoms with Crippen molar-refractivity contribution in [2.45, 2.75) is 6.42 Å². The lowest BCUT2D eigenvalue weighted by atomic mass is 10.1. The molecule has 4 nitrogen and oxygen atoms in total. The second-order valence-corrected chi connectivity index (χ2v) is 5.71. The van der Waals surface area contributed by atoms with Gasteiger partial charge >= 0.3 is 0 Å². The second kappa shape index (κ2) is 6.58. The molecule has 0 saturated heterocycles. The first-order valence-corrected chi connectivity index (χ1v) is 7.65. The van der Waals surface area contributed by atoms with Crippen molar-refractivity contribution in [3.8, 4) is 0 Å². The lowest BCUT2D eigenvalue weighted by Gasteiger charge is -2.00. The number of amides is 1. The van der Waals surface area contributed by atoms with Crippen molar-refractivity contribution in [3.05, 3.63) is 70.3 Å². The largest absolute Gasteiger partial charge is 0.361 e. The number of fused-ring (bicyclic) bond motifs is 1. The first-order valence-electron chi connectivity index (χ1n) is 6.85. The van der Waals surface area contributed by atoms with E-state index in [1.54, 1.807) is 6.21 Å². The summed E-state index contributed by atoms with van der Waals surface area (Å²) >= 11 is 3.43. The van der Waals surface area contributed by atoms with Crippen molar-refractivity contribution in [1.29, 1.82) is 0 Å². The molecular weight excluding hydrogens is 342 g/mol. The zero-order valence-electron chi connectivity index (χ0n) is 11.7. The highest BCUT2D eigenvalue weighted by Gasteiger charge is 2.07. The third-order valence-electron chi connectivity index (χ3n) is 3.32. The van der Waals surface area contributed by atoms with E-state index in [0.29, 0.717) is 0 Å². The quantitative estimate of drug-likeness (QED) is 0.544. The van der Waals surface area contributed by atoms with Crippen LogP contribution < -0.4 is 5.43 Å². The third-order valence-corrected chi connectivity index (χ3v) is 4.05. The molecule has 1 amide bonds. The number of rotatable bonds is 4. The van der Waals surface area contributed by atoms with Gasteiger partial charge in [-0.15, -0.1) is 0 Å². The van der Waals surface area contributed by atoms with Crippen LogP contribution in [0.1, 0.15) is 11.1 Å². The number of carbonyl (C=O) groups is 1. The molecule has 2 N–H and O–H groups in total. The number of hydrazone groups is 1. The highest BCUT2D eigenvalue weighted by molar-refractivity contribution is 9.10. The Bertz CT molecular complexity index is 839. The molecule has 0 radical (unpaired) electrons. The summed E-state index contributed by atoms with van der Waals surface area (Å²) in [5.74, 6) is -0.145. The van der Waals surface area contributed by atoms with Gasteiger partial charge in [-0.1, -0.05) is 52.3 Å². The van der Waals surface area contributed by atoms with Gasteiger partial charge in [-0.3, -0.25) is 4.79 Å². The first-order chi connectivity index (χ1) is 10.7. The summed E-state index contributed by atoms with van der Waals surface area (Å²) in [5, 5.41) is 5.06. The number of H-pyrrole nitrogens is 1. The van der Waals surface area contributed by atoms with Gasteiger partial charge in [-0.05, 0) is 17.7 Å². The number of carbonyl (C=O) groups excluding carboxylic acids is 1. The van der Waals surface area contributed by atoms with Gasteiger partial charge in [0.1, 0.15) is 0 Å². The summed E-state index contributed by atoms with van der Waals surface area (Å²) in [4.78, 5) is 15.1. The SMILES string of the molecule is O=C(Cc1c[nH]c2ccccc12)N/N=C\c1ccccc1Br. The molecular formula is C17H14BrN3O. The van der Waals surface area contributed by atoms with Crippen LogP contribution >= 0.6 is 15.9 Å². The lowest BCUT2D eigenvalue weighted by Crippen LogP contribution is -2.19. The topological polar surface area (TPSA) is 57.2 Å². The van der Waals surface area contributed by atoms with Gasteiger partial charge in [0.25, 0.3) is 0 Å². The standard InChI is InChI=1S/C17H14BrN3O/c18-15-7-3-1-5-12(15)11-20-21-17(22)9-13-10-19-16-8-4-2-6-14(13)16/h1-8,10-11,19H,9H2,(H,21,22)/b20-11-. The smallest absolute Gasteiger partial charge is 0.244 e. The molecule has 0 aliphatic carbocycles. The van der Waals surface area contributed by atoms with Crippen LogP contribution in [-0.2, 0) is 11.2 Å². The molecule has 2 aromatic carbocycles. The molecule has 0 unspecified atom stereocenters. The van der Waals surface area contributed by atoms with Crippen LogP contribution in [0, 0.1) is 0 Å². The van der Waals surface area contributed by atoms with Crippen molar-refractivity contribution in [2.24, 2.45) is 5.10 Å². The maximum absolute atomic E-state index is 12.0. The van der Waals surface area contributed by atoms with E-state index in [4.69, 9.17) is 0 Å². The van der Waals surface area contributed by atoms with Crippen molar-refractivity contribution in [2.75, 3.05) is 0 Å². The number of aromatic nitrogens is 1. The van der Waals surface area contributed by atoms with E-state index in [-0.39, 0.29) is 12.3 Å². The fraction of sp³-hybridized carbons (Fsp3) is 0.0588. The Hall–Kier alpha value is -2.40. The van der Waals surface area contributed by atoms with Gasteiger partial charge in [0.05, 0.1) is 12.6 Å². The Morgan fingerprint density at radius 3 is 2.82 bits per heavy atom. The summed E-state index contributed by atoms with van der Waals surface area (Å²) in [6, 6.07) is 15.6. The number of para-hydroxylation sites is 1. The minimum Gasteiger partial charge on any atom is -0.361 e. The fourth-order valence-corrected chi connectivity index (χ4v) is 2.63. The fourth-order valence-electron chi connectivity index (χ4n) is 2.24. The van der Waals surface area contributed by atoms with Gasteiger partial charge in [0.15, 0.2) is 0 Å². The molecule has 0 saturated carbocycles. The Morgan fingerprint density at radius 1 is 1.18 bits per heavy atom. The maximum Gasteiger partial charge on any atom is 0.244 e. The Labute approximate surface area is 136 Å². The van der Waals surface area contributed by atoms with Gasteiger partial charge < -0.3 is 4.98 Å². The highest BCUT2D eigenvalue weighted by Crippen LogP contribution is 2.18. The van der Waals surface area contributed by atoms with E-state index in [1.807, 2.05) is 54.7 Å². The van der Waals surface area contributed by atoms with Crippen molar-refractivity contribution in [3.63, 3.8) is 0 Å². The molecule has 0 bridgehead atoms. The molecule has 0 atom stereocenters. The van der Waals surface area contributed by atoms with Crippen LogP contribution in [-0.4, -0.2) is 17.1 Å². The molecule has 1 aromatic heterocycles. The minimum atomic E-state index is -0.145. The zero-order valence-corrected chi connectivity index (χ0v) is 13.3. The van der Waals surface area contributed by atoms with Gasteiger partial charge in [-0.2, -0.15) is 5.10 Å². The van der Waals surface area contributed by atoms with Gasteiger partial charge in [-0.25, -0.2) is 5.43 Å².